The predicted octanol–water partition coefficient (Wildman–Crippen LogP) is 3.43. The number of ether oxygens (including phenoxy) is 1. The summed E-state index contributed by atoms with van der Waals surface area (Å²) in [7, 11) is 1.93. The van der Waals surface area contributed by atoms with Crippen LogP contribution in [0.25, 0.3) is 0 Å². The Hall–Kier alpha value is -2.49. The third kappa shape index (κ3) is 5.53. The van der Waals surface area contributed by atoms with Gasteiger partial charge in [0.1, 0.15) is 11.5 Å². The summed E-state index contributed by atoms with van der Waals surface area (Å²) in [5, 5.41) is 11.2. The molecule has 8 heteroatoms. The lowest BCUT2D eigenvalue weighted by atomic mass is 10.0. The third-order valence-corrected chi connectivity index (χ3v) is 4.84. The molecule has 7 nitrogen and oxygen atoms in total. The molecular formula is C21H26IN5O2. The number of aryl methyl sites for hydroxylation is 1. The van der Waals surface area contributed by atoms with Gasteiger partial charge in [0.15, 0.2) is 5.96 Å². The van der Waals surface area contributed by atoms with Gasteiger partial charge in [-0.1, -0.05) is 18.2 Å². The Kier molecular flexibility index (Phi) is 7.56. The maximum Gasteiger partial charge on any atom is 0.192 e. The molecule has 29 heavy (non-hydrogen) atoms. The van der Waals surface area contributed by atoms with E-state index in [1.165, 1.54) is 0 Å². The number of aliphatic imine (C=N–C) groups is 1. The Morgan fingerprint density at radius 3 is 2.93 bits per heavy atom. The van der Waals surface area contributed by atoms with Crippen LogP contribution in [-0.2, 0) is 20.0 Å². The summed E-state index contributed by atoms with van der Waals surface area (Å²) in [4.78, 5) is 4.78. The molecule has 3 aromatic rings. The van der Waals surface area contributed by atoms with Gasteiger partial charge in [0.2, 0.25) is 0 Å². The van der Waals surface area contributed by atoms with Crippen molar-refractivity contribution in [3.05, 3.63) is 71.9 Å². The summed E-state index contributed by atoms with van der Waals surface area (Å²) in [6.45, 7) is 1.98. The maximum atomic E-state index is 5.78. The van der Waals surface area contributed by atoms with Crippen molar-refractivity contribution < 1.29 is 9.15 Å². The zero-order valence-electron chi connectivity index (χ0n) is 16.4. The fraction of sp³-hybridized carbons (Fsp3) is 0.333. The van der Waals surface area contributed by atoms with Crippen molar-refractivity contribution in [3.8, 4) is 5.75 Å². The van der Waals surface area contributed by atoms with Crippen molar-refractivity contribution in [1.29, 1.82) is 0 Å². The molecule has 0 bridgehead atoms. The number of para-hydroxylation sites is 1. The summed E-state index contributed by atoms with van der Waals surface area (Å²) in [6, 6.07) is 14.2. The second kappa shape index (κ2) is 10.3. The lowest BCUT2D eigenvalue weighted by molar-refractivity contribution is 0.261. The lowest BCUT2D eigenvalue weighted by Crippen LogP contribution is -2.42. The molecule has 154 valence electrons. The molecular weight excluding hydrogens is 481 g/mol. The number of hydrogen-bond donors (Lipinski definition) is 2. The smallest absolute Gasteiger partial charge is 0.192 e. The minimum atomic E-state index is 0. The molecule has 0 fully saturated rings. The monoisotopic (exact) mass is 507 g/mol. The Morgan fingerprint density at radius 2 is 2.14 bits per heavy atom. The number of benzene rings is 1. The number of furan rings is 1. The SMILES string of the molecule is Cn1nccc1CN=C(NCCc1ccco1)NC1CCOc2ccccc21.I. The molecule has 1 aliphatic heterocycles. The fourth-order valence-corrected chi connectivity index (χ4v) is 3.29. The summed E-state index contributed by atoms with van der Waals surface area (Å²) in [5.41, 5.74) is 2.22. The number of guanidine groups is 1. The molecule has 0 aliphatic carbocycles. The van der Waals surface area contributed by atoms with Crippen LogP contribution in [0.2, 0.25) is 0 Å². The highest BCUT2D eigenvalue weighted by molar-refractivity contribution is 14.0. The van der Waals surface area contributed by atoms with Crippen molar-refractivity contribution in [2.24, 2.45) is 12.0 Å². The topological polar surface area (TPSA) is 76.6 Å². The van der Waals surface area contributed by atoms with E-state index < -0.39 is 0 Å². The van der Waals surface area contributed by atoms with E-state index in [0.717, 1.165) is 48.1 Å². The molecule has 0 saturated heterocycles. The number of halogens is 1. The highest BCUT2D eigenvalue weighted by atomic mass is 127. The van der Waals surface area contributed by atoms with Gasteiger partial charge in [-0.25, -0.2) is 4.99 Å². The Balaban J connectivity index is 0.00000240. The Morgan fingerprint density at radius 1 is 1.24 bits per heavy atom. The van der Waals surface area contributed by atoms with Crippen LogP contribution in [0.1, 0.15) is 29.5 Å². The number of fused-ring (bicyclic) bond motifs is 1. The van der Waals surface area contributed by atoms with Gasteiger partial charge in [0.25, 0.3) is 0 Å². The van der Waals surface area contributed by atoms with Gasteiger partial charge in [-0.2, -0.15) is 5.10 Å². The van der Waals surface area contributed by atoms with Crippen molar-refractivity contribution >= 4 is 29.9 Å². The average Bonchev–Trinajstić information content (AvgIpc) is 3.38. The van der Waals surface area contributed by atoms with Gasteiger partial charge in [-0.15, -0.1) is 24.0 Å². The van der Waals surface area contributed by atoms with Gasteiger partial charge in [-0.05, 0) is 24.3 Å². The first-order chi connectivity index (χ1) is 13.8. The zero-order chi connectivity index (χ0) is 19.2. The minimum absolute atomic E-state index is 0. The van der Waals surface area contributed by atoms with Crippen LogP contribution in [-0.4, -0.2) is 28.9 Å². The highest BCUT2D eigenvalue weighted by Gasteiger charge is 2.22. The van der Waals surface area contributed by atoms with Gasteiger partial charge in [0, 0.05) is 38.2 Å². The van der Waals surface area contributed by atoms with Gasteiger partial charge in [0.05, 0.1) is 31.2 Å². The summed E-state index contributed by atoms with van der Waals surface area (Å²) in [5.74, 6) is 2.66. The van der Waals surface area contributed by atoms with Crippen LogP contribution in [0.5, 0.6) is 5.75 Å². The number of aromatic nitrogens is 2. The van der Waals surface area contributed by atoms with E-state index in [2.05, 4.69) is 21.8 Å². The van der Waals surface area contributed by atoms with Gasteiger partial charge < -0.3 is 19.8 Å². The first-order valence-corrected chi connectivity index (χ1v) is 9.55. The van der Waals surface area contributed by atoms with Crippen LogP contribution in [0.15, 0.2) is 64.3 Å². The number of nitrogens with one attached hydrogen (secondary N) is 2. The van der Waals surface area contributed by atoms with Crippen LogP contribution < -0.4 is 15.4 Å². The van der Waals surface area contributed by atoms with Crippen molar-refractivity contribution in [1.82, 2.24) is 20.4 Å². The number of hydrogen-bond acceptors (Lipinski definition) is 4. The van der Waals surface area contributed by atoms with E-state index in [0.29, 0.717) is 13.2 Å². The normalized spacial score (nSPS) is 15.8. The summed E-state index contributed by atoms with van der Waals surface area (Å²) in [6.07, 6.45) is 5.17. The predicted molar refractivity (Wildman–Crippen MR) is 123 cm³/mol. The van der Waals surface area contributed by atoms with E-state index in [4.69, 9.17) is 14.1 Å². The molecule has 3 heterocycles. The number of rotatable bonds is 6. The van der Waals surface area contributed by atoms with E-state index >= 15 is 0 Å². The Bertz CT molecular complexity index is 923. The second-order valence-electron chi connectivity index (χ2n) is 6.74. The molecule has 1 unspecified atom stereocenters. The van der Waals surface area contributed by atoms with Crippen molar-refractivity contribution in [2.45, 2.75) is 25.4 Å². The first kappa shape index (κ1) is 21.2. The molecule has 2 N–H and O–H groups in total. The summed E-state index contributed by atoms with van der Waals surface area (Å²) >= 11 is 0. The van der Waals surface area contributed by atoms with Crippen molar-refractivity contribution in [2.75, 3.05) is 13.2 Å². The van der Waals surface area contributed by atoms with Crippen molar-refractivity contribution in [3.63, 3.8) is 0 Å². The number of nitrogens with zero attached hydrogens (tertiary/aromatic N) is 3. The van der Waals surface area contributed by atoms with Gasteiger partial charge >= 0.3 is 0 Å². The lowest BCUT2D eigenvalue weighted by Gasteiger charge is -2.28. The largest absolute Gasteiger partial charge is 0.493 e. The molecule has 1 atom stereocenters. The van der Waals surface area contributed by atoms with Gasteiger partial charge in [-0.3, -0.25) is 4.68 Å². The van der Waals surface area contributed by atoms with E-state index in [1.54, 1.807) is 12.5 Å². The molecule has 1 aromatic carbocycles. The molecule has 4 rings (SSSR count). The fourth-order valence-electron chi connectivity index (χ4n) is 3.29. The first-order valence-electron chi connectivity index (χ1n) is 9.55. The minimum Gasteiger partial charge on any atom is -0.493 e. The van der Waals surface area contributed by atoms with Crippen LogP contribution in [0.4, 0.5) is 0 Å². The second-order valence-corrected chi connectivity index (χ2v) is 6.74. The molecule has 0 amide bonds. The van der Waals surface area contributed by atoms with E-state index in [-0.39, 0.29) is 30.0 Å². The maximum absolute atomic E-state index is 5.78. The van der Waals surface area contributed by atoms with Crippen LogP contribution in [0, 0.1) is 0 Å². The van der Waals surface area contributed by atoms with E-state index in [9.17, 15) is 0 Å². The molecule has 0 radical (unpaired) electrons. The molecule has 2 aromatic heterocycles. The third-order valence-electron chi connectivity index (χ3n) is 4.84. The Labute approximate surface area is 187 Å². The zero-order valence-corrected chi connectivity index (χ0v) is 18.7. The quantitative estimate of drug-likeness (QED) is 0.304. The van der Waals surface area contributed by atoms with Crippen LogP contribution in [0.3, 0.4) is 0 Å². The highest BCUT2D eigenvalue weighted by Crippen LogP contribution is 2.31. The standard InChI is InChI=1S/C21H25N5O2.HI/c1-26-16(8-12-24-26)15-23-21(22-11-9-17-5-4-13-27-17)25-19-10-14-28-20-7-3-2-6-18(19)20;/h2-8,12-13,19H,9-11,14-15H2,1H3,(H2,22,23,25);1H. The summed E-state index contributed by atoms with van der Waals surface area (Å²) < 4.78 is 13.0. The average molecular weight is 507 g/mol. The molecule has 0 spiro atoms. The molecule has 0 saturated carbocycles. The van der Waals surface area contributed by atoms with Crippen LogP contribution >= 0.6 is 24.0 Å². The molecule has 1 aliphatic rings. The van der Waals surface area contributed by atoms with E-state index in [1.807, 2.05) is 48.1 Å².